The van der Waals surface area contributed by atoms with Gasteiger partial charge >= 0.3 is 6.03 Å². The van der Waals surface area contributed by atoms with Gasteiger partial charge in [-0.05, 0) is 12.8 Å². The van der Waals surface area contributed by atoms with E-state index < -0.39 is 6.10 Å². The molecule has 1 aliphatic rings. The van der Waals surface area contributed by atoms with Gasteiger partial charge in [0, 0.05) is 19.7 Å². The standard InChI is InChI=1S/C10H20N2O3/c1-15-7-9(13)6-11-10(14)12-8-4-2-3-5-8/h8-9,13H,2-7H2,1H3,(H2,11,12,14). The van der Waals surface area contributed by atoms with Crippen molar-refractivity contribution < 1.29 is 14.6 Å². The van der Waals surface area contributed by atoms with Gasteiger partial charge < -0.3 is 20.5 Å². The van der Waals surface area contributed by atoms with Gasteiger partial charge in [0.1, 0.15) is 0 Å². The van der Waals surface area contributed by atoms with E-state index in [1.54, 1.807) is 0 Å². The van der Waals surface area contributed by atoms with Gasteiger partial charge in [0.25, 0.3) is 0 Å². The molecule has 88 valence electrons. The van der Waals surface area contributed by atoms with Crippen molar-refractivity contribution in [3.63, 3.8) is 0 Å². The van der Waals surface area contributed by atoms with Crippen molar-refractivity contribution in [3.05, 3.63) is 0 Å². The van der Waals surface area contributed by atoms with Crippen LogP contribution in [0.25, 0.3) is 0 Å². The molecular weight excluding hydrogens is 196 g/mol. The van der Waals surface area contributed by atoms with Crippen LogP contribution in [0.4, 0.5) is 4.79 Å². The van der Waals surface area contributed by atoms with Crippen LogP contribution in [0, 0.1) is 0 Å². The van der Waals surface area contributed by atoms with Crippen LogP contribution < -0.4 is 10.6 Å². The Morgan fingerprint density at radius 1 is 1.53 bits per heavy atom. The van der Waals surface area contributed by atoms with E-state index in [9.17, 15) is 9.90 Å². The summed E-state index contributed by atoms with van der Waals surface area (Å²) in [6, 6.07) is 0.113. The zero-order valence-corrected chi connectivity index (χ0v) is 9.16. The molecular formula is C10H20N2O3. The molecule has 0 aliphatic heterocycles. The Labute approximate surface area is 90.2 Å². The first kappa shape index (κ1) is 12.3. The lowest BCUT2D eigenvalue weighted by atomic mass is 10.2. The Morgan fingerprint density at radius 2 is 2.20 bits per heavy atom. The second kappa shape index (κ2) is 6.63. The molecule has 5 nitrogen and oxygen atoms in total. The fourth-order valence-electron chi connectivity index (χ4n) is 1.77. The van der Waals surface area contributed by atoms with Gasteiger partial charge in [0.15, 0.2) is 0 Å². The molecule has 2 amide bonds. The number of carbonyl (C=O) groups is 1. The van der Waals surface area contributed by atoms with E-state index >= 15 is 0 Å². The average molecular weight is 216 g/mol. The van der Waals surface area contributed by atoms with Gasteiger partial charge in [-0.3, -0.25) is 0 Å². The van der Waals surface area contributed by atoms with Crippen molar-refractivity contribution >= 4 is 6.03 Å². The third-order valence-corrected chi connectivity index (χ3v) is 2.55. The number of aliphatic hydroxyl groups is 1. The molecule has 0 radical (unpaired) electrons. The Kier molecular flexibility index (Phi) is 5.42. The molecule has 0 heterocycles. The highest BCUT2D eigenvalue weighted by atomic mass is 16.5. The maximum Gasteiger partial charge on any atom is 0.315 e. The number of hydrogen-bond acceptors (Lipinski definition) is 3. The highest BCUT2D eigenvalue weighted by Gasteiger charge is 2.17. The third kappa shape index (κ3) is 4.99. The molecule has 1 saturated carbocycles. The lowest BCUT2D eigenvalue weighted by Crippen LogP contribution is -2.44. The van der Waals surface area contributed by atoms with Crippen molar-refractivity contribution in [2.24, 2.45) is 0 Å². The maximum absolute atomic E-state index is 11.3. The second-order valence-electron chi connectivity index (χ2n) is 3.94. The number of urea groups is 1. The van der Waals surface area contributed by atoms with Gasteiger partial charge in [0.05, 0.1) is 12.7 Å². The number of rotatable bonds is 5. The molecule has 3 N–H and O–H groups in total. The number of hydrogen-bond donors (Lipinski definition) is 3. The van der Waals surface area contributed by atoms with Crippen LogP contribution in [0.2, 0.25) is 0 Å². The molecule has 1 rings (SSSR count). The Morgan fingerprint density at radius 3 is 2.80 bits per heavy atom. The van der Waals surface area contributed by atoms with Gasteiger partial charge in [-0.25, -0.2) is 4.79 Å². The predicted octanol–water partition coefficient (Wildman–Crippen LogP) is 0.235. The molecule has 5 heteroatoms. The first-order valence-electron chi connectivity index (χ1n) is 5.43. The molecule has 0 spiro atoms. The van der Waals surface area contributed by atoms with Crippen molar-refractivity contribution in [1.29, 1.82) is 0 Å². The molecule has 0 saturated heterocycles. The van der Waals surface area contributed by atoms with Crippen LogP contribution in [0.3, 0.4) is 0 Å². The topological polar surface area (TPSA) is 70.6 Å². The highest BCUT2D eigenvalue weighted by molar-refractivity contribution is 5.74. The summed E-state index contributed by atoms with van der Waals surface area (Å²) >= 11 is 0. The fourth-order valence-corrected chi connectivity index (χ4v) is 1.77. The summed E-state index contributed by atoms with van der Waals surface area (Å²) in [5, 5.41) is 14.8. The number of aliphatic hydroxyl groups excluding tert-OH is 1. The summed E-state index contributed by atoms with van der Waals surface area (Å²) in [6.45, 7) is 0.468. The van der Waals surface area contributed by atoms with Crippen LogP contribution >= 0.6 is 0 Å². The van der Waals surface area contributed by atoms with Crippen molar-refractivity contribution in [3.8, 4) is 0 Å². The van der Waals surface area contributed by atoms with Crippen molar-refractivity contribution in [2.75, 3.05) is 20.3 Å². The Hall–Kier alpha value is -0.810. The van der Waals surface area contributed by atoms with E-state index in [0.717, 1.165) is 12.8 Å². The number of carbonyl (C=O) groups excluding carboxylic acids is 1. The largest absolute Gasteiger partial charge is 0.389 e. The monoisotopic (exact) mass is 216 g/mol. The average Bonchev–Trinajstić information content (AvgIpc) is 2.68. The fraction of sp³-hybridized carbons (Fsp3) is 0.900. The zero-order chi connectivity index (χ0) is 11.1. The van der Waals surface area contributed by atoms with Crippen molar-refractivity contribution in [2.45, 2.75) is 37.8 Å². The van der Waals surface area contributed by atoms with E-state index in [1.807, 2.05) is 0 Å². The highest BCUT2D eigenvalue weighted by Crippen LogP contribution is 2.17. The normalized spacial score (nSPS) is 18.8. The predicted molar refractivity (Wildman–Crippen MR) is 56.7 cm³/mol. The first-order valence-corrected chi connectivity index (χ1v) is 5.43. The van der Waals surface area contributed by atoms with E-state index in [0.29, 0.717) is 6.04 Å². The van der Waals surface area contributed by atoms with Gasteiger partial charge in [0.2, 0.25) is 0 Å². The molecule has 1 aliphatic carbocycles. The van der Waals surface area contributed by atoms with Crippen LogP contribution in [-0.2, 0) is 4.74 Å². The second-order valence-corrected chi connectivity index (χ2v) is 3.94. The van der Waals surface area contributed by atoms with Gasteiger partial charge in [-0.2, -0.15) is 0 Å². The van der Waals surface area contributed by atoms with E-state index in [2.05, 4.69) is 10.6 Å². The third-order valence-electron chi connectivity index (χ3n) is 2.55. The van der Waals surface area contributed by atoms with Crippen LogP contribution in [0.15, 0.2) is 0 Å². The molecule has 1 atom stereocenters. The first-order chi connectivity index (χ1) is 7.22. The quantitative estimate of drug-likeness (QED) is 0.616. The molecule has 0 bridgehead atoms. The molecule has 0 aromatic heterocycles. The van der Waals surface area contributed by atoms with Gasteiger partial charge in [-0.1, -0.05) is 12.8 Å². The molecule has 1 fully saturated rings. The molecule has 0 aromatic carbocycles. The van der Waals surface area contributed by atoms with E-state index in [-0.39, 0.29) is 19.2 Å². The summed E-state index contributed by atoms with van der Waals surface area (Å²) in [7, 11) is 1.52. The summed E-state index contributed by atoms with van der Waals surface area (Å²) in [5.74, 6) is 0. The lowest BCUT2D eigenvalue weighted by Gasteiger charge is -2.14. The SMILES string of the molecule is COCC(O)CNC(=O)NC1CCCC1. The maximum atomic E-state index is 11.3. The van der Waals surface area contributed by atoms with Crippen LogP contribution in [0.1, 0.15) is 25.7 Å². The molecule has 0 aromatic rings. The summed E-state index contributed by atoms with van der Waals surface area (Å²) < 4.78 is 4.75. The lowest BCUT2D eigenvalue weighted by molar-refractivity contribution is 0.0659. The van der Waals surface area contributed by atoms with Crippen molar-refractivity contribution in [1.82, 2.24) is 10.6 Å². The minimum absolute atomic E-state index is 0.197. The van der Waals surface area contributed by atoms with E-state index in [1.165, 1.54) is 20.0 Å². The number of amides is 2. The minimum atomic E-state index is -0.635. The Balaban J connectivity index is 2.07. The zero-order valence-electron chi connectivity index (χ0n) is 9.16. The summed E-state index contributed by atoms with van der Waals surface area (Å²) in [6.07, 6.45) is 3.88. The smallest absolute Gasteiger partial charge is 0.315 e. The summed E-state index contributed by atoms with van der Waals surface area (Å²) in [4.78, 5) is 11.3. The van der Waals surface area contributed by atoms with E-state index in [4.69, 9.17) is 4.74 Å². The number of methoxy groups -OCH3 is 1. The van der Waals surface area contributed by atoms with Crippen LogP contribution in [0.5, 0.6) is 0 Å². The number of nitrogens with one attached hydrogen (secondary N) is 2. The molecule has 1 unspecified atom stereocenters. The van der Waals surface area contributed by atoms with Gasteiger partial charge in [-0.15, -0.1) is 0 Å². The molecule has 15 heavy (non-hydrogen) atoms. The van der Waals surface area contributed by atoms with Crippen LogP contribution in [-0.4, -0.2) is 43.5 Å². The number of ether oxygens (including phenoxy) is 1. The Bertz CT molecular complexity index is 193. The minimum Gasteiger partial charge on any atom is -0.389 e. The summed E-state index contributed by atoms with van der Waals surface area (Å²) in [5.41, 5.74) is 0.